The van der Waals surface area contributed by atoms with Gasteiger partial charge in [-0.3, -0.25) is 4.79 Å². The van der Waals surface area contributed by atoms with Gasteiger partial charge in [-0.05, 0) is 13.3 Å². The first-order chi connectivity index (χ1) is 5.63. The molecule has 1 amide bonds. The van der Waals surface area contributed by atoms with Gasteiger partial charge in [0.2, 0.25) is 6.41 Å². The van der Waals surface area contributed by atoms with Crippen LogP contribution >= 0.6 is 0 Å². The van der Waals surface area contributed by atoms with E-state index in [1.807, 2.05) is 6.92 Å². The van der Waals surface area contributed by atoms with Crippen LogP contribution in [0.5, 0.6) is 0 Å². The molecule has 0 aliphatic rings. The molecule has 0 heterocycles. The zero-order valence-corrected chi connectivity index (χ0v) is 7.49. The number of aliphatic carboxylic acids is 1. The average Bonchev–Trinajstić information content (AvgIpc) is 2.05. The Balaban J connectivity index is 3.95. The fourth-order valence-electron chi connectivity index (χ4n) is 0.820. The van der Waals surface area contributed by atoms with E-state index < -0.39 is 12.0 Å². The van der Waals surface area contributed by atoms with Crippen LogP contribution in [-0.4, -0.2) is 35.0 Å². The van der Waals surface area contributed by atoms with E-state index in [1.165, 1.54) is 11.8 Å². The molecule has 0 aromatic carbocycles. The zero-order valence-electron chi connectivity index (χ0n) is 7.49. The Labute approximate surface area is 72.2 Å². The molecule has 1 atom stereocenters. The van der Waals surface area contributed by atoms with E-state index in [9.17, 15) is 9.59 Å². The Morgan fingerprint density at radius 2 is 2.25 bits per heavy atom. The van der Waals surface area contributed by atoms with Crippen LogP contribution in [0.15, 0.2) is 0 Å². The smallest absolute Gasteiger partial charge is 0.326 e. The number of nitrogens with zero attached hydrogens (tertiary/aromatic N) is 1. The molecule has 0 unspecified atom stereocenters. The summed E-state index contributed by atoms with van der Waals surface area (Å²) in [5, 5.41) is 8.58. The third kappa shape index (κ3) is 3.37. The SMILES string of the molecule is CCCCN(C=O)[C@@H](C)C(=O)O. The highest BCUT2D eigenvalue weighted by molar-refractivity contribution is 5.75. The summed E-state index contributed by atoms with van der Waals surface area (Å²) in [6, 6.07) is -0.714. The van der Waals surface area contributed by atoms with Gasteiger partial charge in [0, 0.05) is 6.54 Å². The van der Waals surface area contributed by atoms with Gasteiger partial charge in [-0.15, -0.1) is 0 Å². The van der Waals surface area contributed by atoms with Crippen LogP contribution < -0.4 is 0 Å². The number of hydrogen-bond donors (Lipinski definition) is 1. The molecule has 0 aliphatic heterocycles. The van der Waals surface area contributed by atoms with Crippen molar-refractivity contribution in [1.82, 2.24) is 4.90 Å². The van der Waals surface area contributed by atoms with Crippen molar-refractivity contribution < 1.29 is 14.7 Å². The van der Waals surface area contributed by atoms with Crippen molar-refractivity contribution >= 4 is 12.4 Å². The number of carbonyl (C=O) groups is 2. The topological polar surface area (TPSA) is 57.6 Å². The maximum atomic E-state index is 10.5. The van der Waals surface area contributed by atoms with Crippen molar-refractivity contribution in [2.24, 2.45) is 0 Å². The van der Waals surface area contributed by atoms with Crippen molar-refractivity contribution in [2.75, 3.05) is 6.54 Å². The lowest BCUT2D eigenvalue weighted by Crippen LogP contribution is -2.38. The largest absolute Gasteiger partial charge is 0.480 e. The summed E-state index contributed by atoms with van der Waals surface area (Å²) >= 11 is 0. The maximum absolute atomic E-state index is 10.5. The van der Waals surface area contributed by atoms with Gasteiger partial charge in [-0.25, -0.2) is 4.79 Å². The summed E-state index contributed by atoms with van der Waals surface area (Å²) in [5.41, 5.74) is 0. The van der Waals surface area contributed by atoms with Crippen LogP contribution in [0.1, 0.15) is 26.7 Å². The second-order valence-electron chi connectivity index (χ2n) is 2.71. The Hall–Kier alpha value is -1.06. The van der Waals surface area contributed by atoms with Gasteiger partial charge in [0.15, 0.2) is 0 Å². The number of unbranched alkanes of at least 4 members (excludes halogenated alkanes) is 1. The Morgan fingerprint density at radius 3 is 2.58 bits per heavy atom. The summed E-state index contributed by atoms with van der Waals surface area (Å²) in [5.74, 6) is -0.960. The first-order valence-electron chi connectivity index (χ1n) is 4.07. The number of amides is 1. The van der Waals surface area contributed by atoms with Crippen molar-refractivity contribution in [3.05, 3.63) is 0 Å². The predicted octanol–water partition coefficient (Wildman–Crippen LogP) is 0.718. The summed E-state index contributed by atoms with van der Waals surface area (Å²) in [4.78, 5) is 22.2. The van der Waals surface area contributed by atoms with Gasteiger partial charge in [0.05, 0.1) is 0 Å². The van der Waals surface area contributed by atoms with Crippen LogP contribution in [0, 0.1) is 0 Å². The van der Waals surface area contributed by atoms with E-state index in [-0.39, 0.29) is 0 Å². The predicted molar refractivity (Wildman–Crippen MR) is 44.8 cm³/mol. The quantitative estimate of drug-likeness (QED) is 0.602. The first kappa shape index (κ1) is 10.9. The average molecular weight is 173 g/mol. The molecule has 0 aromatic rings. The molecule has 0 rings (SSSR count). The molecule has 0 saturated heterocycles. The van der Waals surface area contributed by atoms with Gasteiger partial charge in [-0.1, -0.05) is 13.3 Å². The molecule has 0 fully saturated rings. The van der Waals surface area contributed by atoms with E-state index in [4.69, 9.17) is 5.11 Å². The minimum absolute atomic E-state index is 0.521. The molecular formula is C8H15NO3. The second kappa shape index (κ2) is 5.57. The molecular weight excluding hydrogens is 158 g/mol. The molecule has 0 aliphatic carbocycles. The molecule has 0 spiro atoms. The van der Waals surface area contributed by atoms with Crippen molar-refractivity contribution in [3.63, 3.8) is 0 Å². The van der Waals surface area contributed by atoms with Crippen LogP contribution in [0.4, 0.5) is 0 Å². The summed E-state index contributed by atoms with van der Waals surface area (Å²) in [6.07, 6.45) is 2.39. The maximum Gasteiger partial charge on any atom is 0.326 e. The monoisotopic (exact) mass is 173 g/mol. The van der Waals surface area contributed by atoms with E-state index in [1.54, 1.807) is 0 Å². The number of rotatable bonds is 6. The van der Waals surface area contributed by atoms with E-state index in [0.717, 1.165) is 12.8 Å². The zero-order chi connectivity index (χ0) is 9.56. The van der Waals surface area contributed by atoms with Crippen LogP contribution in [0.2, 0.25) is 0 Å². The minimum atomic E-state index is -0.960. The molecule has 0 radical (unpaired) electrons. The van der Waals surface area contributed by atoms with Gasteiger partial charge >= 0.3 is 5.97 Å². The highest BCUT2D eigenvalue weighted by Crippen LogP contribution is 1.98. The third-order valence-electron chi connectivity index (χ3n) is 1.76. The summed E-state index contributed by atoms with van der Waals surface area (Å²) < 4.78 is 0. The number of carboxylic acids is 1. The van der Waals surface area contributed by atoms with Crippen LogP contribution in [0.3, 0.4) is 0 Å². The Bertz CT molecular complexity index is 158. The molecule has 12 heavy (non-hydrogen) atoms. The molecule has 70 valence electrons. The van der Waals surface area contributed by atoms with E-state index >= 15 is 0 Å². The minimum Gasteiger partial charge on any atom is -0.480 e. The Kier molecular flexibility index (Phi) is 5.08. The molecule has 4 heteroatoms. The Morgan fingerprint density at radius 1 is 1.67 bits per heavy atom. The van der Waals surface area contributed by atoms with E-state index in [2.05, 4.69) is 0 Å². The molecule has 0 aromatic heterocycles. The van der Waals surface area contributed by atoms with Gasteiger partial charge in [-0.2, -0.15) is 0 Å². The van der Waals surface area contributed by atoms with Crippen molar-refractivity contribution in [3.8, 4) is 0 Å². The summed E-state index contributed by atoms with van der Waals surface area (Å²) in [6.45, 7) is 4.02. The first-order valence-corrected chi connectivity index (χ1v) is 4.07. The number of carboxylic acid groups (broad SMARTS) is 1. The fourth-order valence-corrected chi connectivity index (χ4v) is 0.820. The number of carbonyl (C=O) groups excluding carboxylic acids is 1. The molecule has 0 saturated carbocycles. The molecule has 1 N–H and O–H groups in total. The lowest BCUT2D eigenvalue weighted by atomic mass is 10.2. The number of hydrogen-bond acceptors (Lipinski definition) is 2. The normalized spacial score (nSPS) is 12.2. The fraction of sp³-hybridized carbons (Fsp3) is 0.750. The van der Waals surface area contributed by atoms with Gasteiger partial charge in [0.1, 0.15) is 6.04 Å². The van der Waals surface area contributed by atoms with Crippen molar-refractivity contribution in [1.29, 1.82) is 0 Å². The highest BCUT2D eigenvalue weighted by Gasteiger charge is 2.17. The molecule has 0 bridgehead atoms. The highest BCUT2D eigenvalue weighted by atomic mass is 16.4. The third-order valence-corrected chi connectivity index (χ3v) is 1.76. The lowest BCUT2D eigenvalue weighted by Gasteiger charge is -2.20. The van der Waals surface area contributed by atoms with Crippen LogP contribution in [-0.2, 0) is 9.59 Å². The molecule has 4 nitrogen and oxygen atoms in total. The standard InChI is InChI=1S/C8H15NO3/c1-3-4-5-9(6-10)7(2)8(11)12/h6-7H,3-5H2,1-2H3,(H,11,12)/t7-/m0/s1. The van der Waals surface area contributed by atoms with Gasteiger partial charge < -0.3 is 10.0 Å². The van der Waals surface area contributed by atoms with Gasteiger partial charge in [0.25, 0.3) is 0 Å². The summed E-state index contributed by atoms with van der Waals surface area (Å²) in [7, 11) is 0. The lowest BCUT2D eigenvalue weighted by molar-refractivity contribution is -0.145. The second-order valence-corrected chi connectivity index (χ2v) is 2.71. The van der Waals surface area contributed by atoms with E-state index in [0.29, 0.717) is 13.0 Å². The van der Waals surface area contributed by atoms with Crippen molar-refractivity contribution in [2.45, 2.75) is 32.7 Å². The van der Waals surface area contributed by atoms with Crippen LogP contribution in [0.25, 0.3) is 0 Å².